The third-order valence-electron chi connectivity index (χ3n) is 28.4. The smallest absolute Gasteiger partial charge is 0.407 e. The van der Waals surface area contributed by atoms with Crippen LogP contribution < -0.4 is 16.0 Å². The summed E-state index contributed by atoms with van der Waals surface area (Å²) in [5.74, 6) is -13.6. The summed E-state index contributed by atoms with van der Waals surface area (Å²) in [7, 11) is 2.54. The standard InChI is InChI=1S/C106H140N6O36/c1-11-137-96(128)68(42-30-31-48-107-102(132)146-92-86(123)78(143-100(135-10)89(92)126)58-139-101-88(125)87(124)85(122)77(144-101)57-134-9)51-75(117)73(50-64-34-19-13-20-35-64)109-82(120)47-33-43-69-55-112(111-110-69)49-32-18-29-46-81(119)108-72(98(130)138-12-2)45-28-17-27-44-70(115)56-136-59-83(121)145-90(71(65-36-21-14-22-37-65)52-74(116)66-38-23-15-24-39-66)99(131)142-76-54-106(133)95(147-97(129)67-40-25-16-26-41-67)93-104(8,79(118)53-80-105(93,60-140-80)148-63(5)114)94(127)91(141-62(4)113)84(61(76)3)103(106,6)7/h13-16,19-26,34-41,55,68,71-73,76-80,85-93,95,100-101,118,122-126,133H,11-12,17-18,27-33,42-54,56-60H2,1-10H3,(H,107,132)(H,108,119)(H,109,120)/t68-,71+,72+,73?,76+,77?,78?,79+,80-,85-,86-,87+,88?,89?,90-,91-,92+,93+,95+,100+,101+,104-,105+,106-/m1/s1. The molecule has 11 rings (SSSR count). The summed E-state index contributed by atoms with van der Waals surface area (Å²) < 4.78 is 87.8. The van der Waals surface area contributed by atoms with Gasteiger partial charge in [0.2, 0.25) is 17.9 Å². The topological polar surface area (TPSA) is 586 Å². The quantitative estimate of drug-likeness (QED) is 0.00741. The SMILES string of the molecule is CCOC(=O)[C@H](CCCCNC(=O)O[C@@H]1C(O)[C@@H](OC)OC(CO[C@H]2OC(COC)[C@@H](O)[C@H](O)C2O)[C@H]1O)CC(=O)C(Cc1ccccc1)NC(=O)CCCc1cn(CCCCCC(=O)N[C@@H](CCCCCC(=O)COCC(=O)O[C@@H](C(=O)O[C@H]2C[C@@]3(O)[C@@H](OC(=O)c4ccccc4)[C@@H]4[C@]5(OC(C)=O)CO[C@@H]5C[C@H](O)[C@@]4(C)C(=O)[C@H](OC(C)=O)C(=C2C)C3(C)C)[C@@H](CC(=O)c2ccccc2)c2ccccc2)C(=O)OCC)nn1. The number of aromatic nitrogens is 3. The first-order valence-corrected chi connectivity index (χ1v) is 50.4. The monoisotopic (exact) mass is 2070 g/mol. The number of aliphatic hydroxyl groups excluding tert-OH is 6. The third-order valence-corrected chi connectivity index (χ3v) is 28.4. The minimum absolute atomic E-state index is 0.00731. The Morgan fingerprint density at radius 3 is 1.89 bits per heavy atom. The summed E-state index contributed by atoms with van der Waals surface area (Å²) >= 11 is 0. The van der Waals surface area contributed by atoms with Crippen molar-refractivity contribution in [3.8, 4) is 0 Å². The Kier molecular flexibility index (Phi) is 43.1. The van der Waals surface area contributed by atoms with E-state index in [4.69, 9.17) is 71.1 Å². The molecule has 1 aromatic heterocycles. The molecule has 810 valence electrons. The first kappa shape index (κ1) is 117. The van der Waals surface area contributed by atoms with Crippen LogP contribution in [0.4, 0.5) is 4.79 Å². The van der Waals surface area contributed by atoms with E-state index >= 15 is 9.59 Å². The number of amides is 3. The van der Waals surface area contributed by atoms with Crippen molar-refractivity contribution in [3.05, 3.63) is 167 Å². The maximum absolute atomic E-state index is 16.0. The van der Waals surface area contributed by atoms with Gasteiger partial charge >= 0.3 is 47.9 Å². The molecule has 3 aliphatic heterocycles. The average Bonchev–Trinajstić information content (AvgIpc) is 0.669. The zero-order valence-electron chi connectivity index (χ0n) is 85.1. The Hall–Kier alpha value is -11.6. The zero-order chi connectivity index (χ0) is 107. The second-order valence-corrected chi connectivity index (χ2v) is 39.0. The van der Waals surface area contributed by atoms with Crippen molar-refractivity contribution in [2.24, 2.45) is 22.7 Å². The predicted octanol–water partition coefficient (Wildman–Crippen LogP) is 5.63. The second kappa shape index (κ2) is 54.7. The molecule has 5 aromatic rings. The largest absolute Gasteiger partial charge is 0.466 e. The Labute approximate surface area is 857 Å². The van der Waals surface area contributed by atoms with Crippen LogP contribution in [0.5, 0.6) is 0 Å². The van der Waals surface area contributed by atoms with Gasteiger partial charge in [-0.05, 0) is 120 Å². The van der Waals surface area contributed by atoms with Gasteiger partial charge < -0.3 is 123 Å². The molecule has 4 heterocycles. The maximum Gasteiger partial charge on any atom is 0.407 e. The fourth-order valence-corrected chi connectivity index (χ4v) is 20.5. The fraction of sp³-hybridized carbons (Fsp3) is 0.604. The van der Waals surface area contributed by atoms with Gasteiger partial charge in [0, 0.05) is 109 Å². The number of unbranched alkanes of at least 4 members (excludes halogenated alkanes) is 5. The van der Waals surface area contributed by atoms with E-state index in [0.29, 0.717) is 75.6 Å². The number of aliphatic hydroxyl groups is 7. The highest BCUT2D eigenvalue weighted by Gasteiger charge is 2.79. The predicted molar refractivity (Wildman–Crippen MR) is 518 cm³/mol. The van der Waals surface area contributed by atoms with E-state index in [9.17, 15) is 93.3 Å². The number of Topliss-reactive ketones (excluding diaryl/α,β-unsaturated/α-hetero) is 4. The van der Waals surface area contributed by atoms with Crippen LogP contribution in [0.2, 0.25) is 0 Å². The molecule has 0 spiro atoms. The van der Waals surface area contributed by atoms with Crippen LogP contribution in [0.15, 0.2) is 139 Å². The number of hydrogen-bond acceptors (Lipinski definition) is 38. The Balaban J connectivity index is 0.631. The van der Waals surface area contributed by atoms with Gasteiger partial charge in [0.1, 0.15) is 85.9 Å². The number of ketones is 4. The molecular formula is C106H140N6O36. The molecule has 2 saturated carbocycles. The van der Waals surface area contributed by atoms with Gasteiger partial charge in [0.25, 0.3) is 0 Å². The summed E-state index contributed by atoms with van der Waals surface area (Å²) in [5, 5.41) is 96.8. The van der Waals surface area contributed by atoms with Gasteiger partial charge in [-0.2, -0.15) is 0 Å². The number of ether oxygens (including phenoxy) is 15. The van der Waals surface area contributed by atoms with E-state index in [-0.39, 0.29) is 112 Å². The van der Waals surface area contributed by atoms with Crippen LogP contribution in [0, 0.1) is 22.7 Å². The van der Waals surface area contributed by atoms with Crippen molar-refractivity contribution in [1.82, 2.24) is 30.9 Å². The van der Waals surface area contributed by atoms with Gasteiger partial charge in [0.05, 0.1) is 73.7 Å². The van der Waals surface area contributed by atoms with Gasteiger partial charge in [-0.1, -0.05) is 154 Å². The Morgan fingerprint density at radius 1 is 0.615 bits per heavy atom. The number of methoxy groups -OCH3 is 2. The molecule has 5 fully saturated rings. The molecule has 3 saturated heterocycles. The van der Waals surface area contributed by atoms with E-state index in [2.05, 4.69) is 26.3 Å². The number of esters is 7. The van der Waals surface area contributed by atoms with E-state index < -0.39 is 266 Å². The van der Waals surface area contributed by atoms with Crippen molar-refractivity contribution < 1.29 is 174 Å². The lowest BCUT2D eigenvalue weighted by atomic mass is 9.44. The van der Waals surface area contributed by atoms with E-state index in [1.54, 1.807) is 116 Å². The number of carbonyl (C=O) groups is 14. The molecule has 10 N–H and O–H groups in total. The first-order chi connectivity index (χ1) is 70.7. The minimum atomic E-state index is -2.57. The summed E-state index contributed by atoms with van der Waals surface area (Å²) in [6.45, 7) is 9.21. The molecule has 148 heavy (non-hydrogen) atoms. The van der Waals surface area contributed by atoms with Crippen LogP contribution in [0.1, 0.15) is 214 Å². The van der Waals surface area contributed by atoms with Crippen LogP contribution in [-0.2, 0) is 143 Å². The average molecular weight is 2070 g/mol. The zero-order valence-corrected chi connectivity index (χ0v) is 85.1. The van der Waals surface area contributed by atoms with Crippen molar-refractivity contribution >= 4 is 82.8 Å². The second-order valence-electron chi connectivity index (χ2n) is 39.0. The molecule has 0 radical (unpaired) electrons. The molecule has 4 aromatic carbocycles. The van der Waals surface area contributed by atoms with E-state index in [1.807, 2.05) is 18.2 Å². The molecule has 3 aliphatic carbocycles. The lowest BCUT2D eigenvalue weighted by Gasteiger charge is -2.67. The molecule has 24 atom stereocenters. The first-order valence-electron chi connectivity index (χ1n) is 50.4. The number of rotatable bonds is 55. The number of nitrogens with zero attached hydrogens (tertiary/aromatic N) is 3. The maximum atomic E-state index is 16.0. The normalized spacial score (nSPS) is 26.9. The summed E-state index contributed by atoms with van der Waals surface area (Å²) in [5.41, 5.74) is -6.61. The fourth-order valence-electron chi connectivity index (χ4n) is 20.5. The van der Waals surface area contributed by atoms with E-state index in [1.165, 1.54) is 54.0 Å². The van der Waals surface area contributed by atoms with Crippen molar-refractivity contribution in [2.45, 2.75) is 318 Å². The Bertz CT molecular complexity index is 5340. The highest BCUT2D eigenvalue weighted by atomic mass is 16.7. The summed E-state index contributed by atoms with van der Waals surface area (Å²) in [4.78, 5) is 197. The highest BCUT2D eigenvalue weighted by Crippen LogP contribution is 2.65. The molecule has 3 amide bonds. The van der Waals surface area contributed by atoms with Gasteiger partial charge in [-0.3, -0.25) is 47.8 Å². The van der Waals surface area contributed by atoms with Crippen LogP contribution in [-0.4, -0.2) is 322 Å². The number of aryl methyl sites for hydroxylation is 2. The number of carbonyl (C=O) groups excluding carboxylic acids is 14. The minimum Gasteiger partial charge on any atom is -0.466 e. The van der Waals surface area contributed by atoms with Crippen molar-refractivity contribution in [2.75, 3.05) is 67.0 Å². The summed E-state index contributed by atoms with van der Waals surface area (Å²) in [6, 6.07) is 30.9. The molecular weight excluding hydrogens is 1930 g/mol. The van der Waals surface area contributed by atoms with Gasteiger partial charge in [-0.15, -0.1) is 5.10 Å². The number of nitrogens with one attached hydrogen (secondary N) is 3. The van der Waals surface area contributed by atoms with E-state index in [0.717, 1.165) is 19.4 Å². The number of benzene rings is 4. The third kappa shape index (κ3) is 29.6. The highest BCUT2D eigenvalue weighted by molar-refractivity contribution is 5.98. The van der Waals surface area contributed by atoms with Crippen LogP contribution in [0.3, 0.4) is 0 Å². The van der Waals surface area contributed by atoms with Crippen molar-refractivity contribution in [3.63, 3.8) is 0 Å². The molecule has 42 heteroatoms. The Morgan fingerprint density at radius 2 is 1.24 bits per heavy atom. The number of alkyl carbamates (subject to hydrolysis) is 1. The van der Waals surface area contributed by atoms with Crippen molar-refractivity contribution in [1.29, 1.82) is 0 Å². The molecule has 2 bridgehead atoms. The van der Waals surface area contributed by atoms with Gasteiger partial charge in [-0.25, -0.2) is 24.0 Å². The number of fused-ring (bicyclic) bond motifs is 5. The van der Waals surface area contributed by atoms with Crippen LogP contribution in [0.25, 0.3) is 0 Å². The lowest BCUT2D eigenvalue weighted by molar-refractivity contribution is -0.346. The number of hydrogen-bond donors (Lipinski definition) is 10. The van der Waals surface area contributed by atoms with Gasteiger partial charge in [0.15, 0.2) is 53.5 Å². The molecule has 5 unspecified atom stereocenters. The molecule has 6 aliphatic rings. The summed E-state index contributed by atoms with van der Waals surface area (Å²) in [6.07, 6.45) is -22.2. The van der Waals surface area contributed by atoms with Crippen LogP contribution >= 0.6 is 0 Å². The molecule has 42 nitrogen and oxygen atoms in total. The lowest BCUT2D eigenvalue weighted by Crippen LogP contribution is -2.82.